The van der Waals surface area contributed by atoms with E-state index in [2.05, 4.69) is 38.0 Å². The molecule has 102 valence electrons. The van der Waals surface area contributed by atoms with Gasteiger partial charge in [0.15, 0.2) is 0 Å². The average Bonchev–Trinajstić information content (AvgIpc) is 2.28. The minimum Gasteiger partial charge on any atom is -0.465 e. The first kappa shape index (κ1) is 16.4. The quantitative estimate of drug-likeness (QED) is 0.657. The SMILES string of the molecule is CCOC(=O)C(CCN(C)C(C)C(C)C)NC. The molecule has 0 saturated carbocycles. The summed E-state index contributed by atoms with van der Waals surface area (Å²) in [4.78, 5) is 13.9. The second kappa shape index (κ2) is 8.48. The summed E-state index contributed by atoms with van der Waals surface area (Å²) in [5.74, 6) is 0.469. The molecule has 0 aliphatic rings. The van der Waals surface area contributed by atoms with Gasteiger partial charge in [-0.15, -0.1) is 0 Å². The maximum absolute atomic E-state index is 11.6. The lowest BCUT2D eigenvalue weighted by Gasteiger charge is -2.28. The Morgan fingerprint density at radius 1 is 1.35 bits per heavy atom. The van der Waals surface area contributed by atoms with E-state index in [4.69, 9.17) is 4.74 Å². The first-order chi connectivity index (χ1) is 7.93. The molecule has 0 aliphatic heterocycles. The number of carbonyl (C=O) groups excluding carboxylic acids is 1. The largest absolute Gasteiger partial charge is 0.465 e. The summed E-state index contributed by atoms with van der Waals surface area (Å²) in [6, 6.07) is 0.325. The highest BCUT2D eigenvalue weighted by Gasteiger charge is 2.20. The van der Waals surface area contributed by atoms with Crippen LogP contribution in [0.2, 0.25) is 0 Å². The van der Waals surface area contributed by atoms with E-state index in [9.17, 15) is 4.79 Å². The summed E-state index contributed by atoms with van der Waals surface area (Å²) in [7, 11) is 3.90. The molecule has 0 aromatic rings. The van der Waals surface area contributed by atoms with E-state index in [0.29, 0.717) is 18.6 Å². The van der Waals surface area contributed by atoms with Crippen molar-refractivity contribution in [3.05, 3.63) is 0 Å². The molecule has 0 aromatic carbocycles. The molecule has 0 radical (unpaired) electrons. The number of nitrogens with one attached hydrogen (secondary N) is 1. The van der Waals surface area contributed by atoms with Crippen LogP contribution >= 0.6 is 0 Å². The molecule has 0 bridgehead atoms. The van der Waals surface area contributed by atoms with E-state index in [-0.39, 0.29) is 12.0 Å². The fourth-order valence-electron chi connectivity index (χ4n) is 1.67. The van der Waals surface area contributed by atoms with Crippen LogP contribution in [0.1, 0.15) is 34.1 Å². The van der Waals surface area contributed by atoms with Crippen LogP contribution in [0, 0.1) is 5.92 Å². The van der Waals surface area contributed by atoms with Crippen LogP contribution in [-0.4, -0.2) is 50.2 Å². The number of esters is 1. The smallest absolute Gasteiger partial charge is 0.323 e. The summed E-state index contributed by atoms with van der Waals surface area (Å²) in [5, 5.41) is 3.01. The normalized spacial score (nSPS) is 15.1. The summed E-state index contributed by atoms with van der Waals surface area (Å²) < 4.78 is 5.02. The Morgan fingerprint density at radius 3 is 2.35 bits per heavy atom. The van der Waals surface area contributed by atoms with Crippen LogP contribution < -0.4 is 5.32 Å². The van der Waals surface area contributed by atoms with Gasteiger partial charge in [-0.1, -0.05) is 13.8 Å². The fraction of sp³-hybridized carbons (Fsp3) is 0.923. The maximum atomic E-state index is 11.6. The Hall–Kier alpha value is -0.610. The Balaban J connectivity index is 4.10. The summed E-state index contributed by atoms with van der Waals surface area (Å²) in [5.41, 5.74) is 0. The number of hydrogen-bond acceptors (Lipinski definition) is 4. The average molecular weight is 244 g/mol. The monoisotopic (exact) mass is 244 g/mol. The zero-order valence-electron chi connectivity index (χ0n) is 12.1. The molecule has 17 heavy (non-hydrogen) atoms. The van der Waals surface area contributed by atoms with Crippen molar-refractivity contribution in [3.8, 4) is 0 Å². The Morgan fingerprint density at radius 2 is 1.94 bits per heavy atom. The third-order valence-corrected chi connectivity index (χ3v) is 3.35. The Kier molecular flexibility index (Phi) is 8.17. The second-order valence-electron chi connectivity index (χ2n) is 4.85. The molecular formula is C13H28N2O2. The molecule has 0 fully saturated rings. The predicted octanol–water partition coefficient (Wildman–Crippen LogP) is 1.50. The fourth-order valence-corrected chi connectivity index (χ4v) is 1.67. The Bertz CT molecular complexity index is 219. The molecule has 0 aliphatic carbocycles. The van der Waals surface area contributed by atoms with E-state index in [0.717, 1.165) is 13.0 Å². The number of ether oxygens (including phenoxy) is 1. The lowest BCUT2D eigenvalue weighted by atomic mass is 10.0. The van der Waals surface area contributed by atoms with Gasteiger partial charge < -0.3 is 15.0 Å². The van der Waals surface area contributed by atoms with Crippen molar-refractivity contribution in [2.75, 3.05) is 27.2 Å². The molecule has 2 unspecified atom stereocenters. The van der Waals surface area contributed by atoms with Gasteiger partial charge in [-0.3, -0.25) is 4.79 Å². The van der Waals surface area contributed by atoms with Gasteiger partial charge in [-0.25, -0.2) is 0 Å². The number of carbonyl (C=O) groups is 1. The molecule has 0 saturated heterocycles. The first-order valence-corrected chi connectivity index (χ1v) is 6.48. The van der Waals surface area contributed by atoms with Crippen LogP contribution in [0.15, 0.2) is 0 Å². The van der Waals surface area contributed by atoms with E-state index in [1.807, 2.05) is 6.92 Å². The molecule has 1 N–H and O–H groups in total. The highest BCUT2D eigenvalue weighted by Crippen LogP contribution is 2.09. The molecule has 2 atom stereocenters. The van der Waals surface area contributed by atoms with Gasteiger partial charge in [0.2, 0.25) is 0 Å². The standard InChI is InChI=1S/C13H28N2O2/c1-7-17-13(16)12(14-5)8-9-15(6)11(4)10(2)3/h10-12,14H,7-9H2,1-6H3. The zero-order chi connectivity index (χ0) is 13.4. The van der Waals surface area contributed by atoms with Gasteiger partial charge in [-0.2, -0.15) is 0 Å². The van der Waals surface area contributed by atoms with Gasteiger partial charge in [0.05, 0.1) is 6.61 Å². The minimum atomic E-state index is -0.197. The van der Waals surface area contributed by atoms with Crippen LogP contribution in [0.3, 0.4) is 0 Å². The molecular weight excluding hydrogens is 216 g/mol. The topological polar surface area (TPSA) is 41.6 Å². The van der Waals surface area contributed by atoms with Crippen molar-refractivity contribution in [3.63, 3.8) is 0 Å². The highest BCUT2D eigenvalue weighted by atomic mass is 16.5. The molecule has 0 aromatic heterocycles. The second-order valence-corrected chi connectivity index (χ2v) is 4.85. The number of likely N-dealkylation sites (N-methyl/N-ethyl adjacent to an activating group) is 1. The summed E-state index contributed by atoms with van der Waals surface area (Å²) >= 11 is 0. The third-order valence-electron chi connectivity index (χ3n) is 3.35. The molecule has 4 heteroatoms. The van der Waals surface area contributed by atoms with E-state index in [1.54, 1.807) is 7.05 Å². The molecule has 4 nitrogen and oxygen atoms in total. The lowest BCUT2D eigenvalue weighted by molar-refractivity contribution is -0.145. The van der Waals surface area contributed by atoms with E-state index in [1.165, 1.54) is 0 Å². The van der Waals surface area contributed by atoms with Crippen LogP contribution in [-0.2, 0) is 9.53 Å². The minimum absolute atomic E-state index is 0.152. The highest BCUT2D eigenvalue weighted by molar-refractivity contribution is 5.75. The van der Waals surface area contributed by atoms with Crippen LogP contribution in [0.4, 0.5) is 0 Å². The third kappa shape index (κ3) is 6.03. The van der Waals surface area contributed by atoms with Gasteiger partial charge in [0.25, 0.3) is 0 Å². The molecule has 0 amide bonds. The molecule has 0 heterocycles. The molecule has 0 spiro atoms. The van der Waals surface area contributed by atoms with Gasteiger partial charge >= 0.3 is 5.97 Å². The van der Waals surface area contributed by atoms with Crippen LogP contribution in [0.5, 0.6) is 0 Å². The first-order valence-electron chi connectivity index (χ1n) is 6.48. The van der Waals surface area contributed by atoms with Crippen molar-refractivity contribution in [1.29, 1.82) is 0 Å². The van der Waals surface area contributed by atoms with Crippen molar-refractivity contribution >= 4 is 5.97 Å². The van der Waals surface area contributed by atoms with E-state index < -0.39 is 0 Å². The van der Waals surface area contributed by atoms with Crippen molar-refractivity contribution in [2.45, 2.75) is 46.2 Å². The summed E-state index contributed by atoms with van der Waals surface area (Å²) in [6.07, 6.45) is 0.781. The Labute approximate surface area is 106 Å². The summed E-state index contributed by atoms with van der Waals surface area (Å²) in [6.45, 7) is 9.80. The zero-order valence-corrected chi connectivity index (χ0v) is 12.1. The number of hydrogen-bond donors (Lipinski definition) is 1. The number of nitrogens with zero attached hydrogens (tertiary/aromatic N) is 1. The number of rotatable bonds is 8. The van der Waals surface area contributed by atoms with E-state index >= 15 is 0 Å². The lowest BCUT2D eigenvalue weighted by Crippen LogP contribution is -2.41. The van der Waals surface area contributed by atoms with Gasteiger partial charge in [0.1, 0.15) is 6.04 Å². The van der Waals surface area contributed by atoms with Crippen molar-refractivity contribution in [1.82, 2.24) is 10.2 Å². The predicted molar refractivity (Wildman–Crippen MR) is 71.0 cm³/mol. The van der Waals surface area contributed by atoms with Crippen molar-refractivity contribution < 1.29 is 9.53 Å². The van der Waals surface area contributed by atoms with Crippen molar-refractivity contribution in [2.24, 2.45) is 5.92 Å². The maximum Gasteiger partial charge on any atom is 0.323 e. The molecule has 0 rings (SSSR count). The van der Waals surface area contributed by atoms with Gasteiger partial charge in [0, 0.05) is 12.6 Å². The van der Waals surface area contributed by atoms with Gasteiger partial charge in [-0.05, 0) is 40.3 Å². The van der Waals surface area contributed by atoms with Crippen LogP contribution in [0.25, 0.3) is 0 Å².